The second-order valence-electron chi connectivity index (χ2n) is 3.85. The summed E-state index contributed by atoms with van der Waals surface area (Å²) in [7, 11) is 0. The first-order valence-electron chi connectivity index (χ1n) is 5.85. The highest BCUT2D eigenvalue weighted by Gasteiger charge is 2.15. The van der Waals surface area contributed by atoms with E-state index in [4.69, 9.17) is 10.5 Å². The normalized spacial score (nSPS) is 10.1. The fourth-order valence-electron chi connectivity index (χ4n) is 1.78. The van der Waals surface area contributed by atoms with Crippen molar-refractivity contribution in [2.45, 2.75) is 6.92 Å². The third kappa shape index (κ3) is 2.35. The number of nitrogens with two attached hydrogens (primary N) is 1. The number of carbonyl (C=O) groups excluding carboxylic acids is 1. The number of ketones is 1. The molecule has 2 N–H and O–H groups in total. The Morgan fingerprint density at radius 1 is 1.06 bits per heavy atom. The quantitative estimate of drug-likeness (QED) is 0.661. The minimum absolute atomic E-state index is 0.114. The van der Waals surface area contributed by atoms with Crippen LogP contribution in [0.1, 0.15) is 22.8 Å². The first kappa shape index (κ1) is 12.2. The molecule has 3 heteroatoms. The molecule has 18 heavy (non-hydrogen) atoms. The second-order valence-corrected chi connectivity index (χ2v) is 3.85. The summed E-state index contributed by atoms with van der Waals surface area (Å²) < 4.78 is 5.46. The van der Waals surface area contributed by atoms with Crippen LogP contribution in [0.25, 0.3) is 0 Å². The van der Waals surface area contributed by atoms with E-state index in [1.165, 1.54) is 0 Å². The molecule has 3 nitrogen and oxygen atoms in total. The molecule has 0 aromatic heterocycles. The van der Waals surface area contributed by atoms with Crippen LogP contribution in [0.2, 0.25) is 0 Å². The molecule has 2 rings (SSSR count). The molecule has 0 unspecified atom stereocenters. The molecule has 0 saturated heterocycles. The highest BCUT2D eigenvalue weighted by atomic mass is 16.5. The van der Waals surface area contributed by atoms with E-state index < -0.39 is 0 Å². The van der Waals surface area contributed by atoms with Gasteiger partial charge in [0.2, 0.25) is 0 Å². The smallest absolute Gasteiger partial charge is 0.198 e. The highest BCUT2D eigenvalue weighted by molar-refractivity contribution is 6.13. The first-order chi connectivity index (χ1) is 8.74. The molecule has 0 saturated carbocycles. The molecule has 0 aliphatic rings. The second kappa shape index (κ2) is 5.36. The molecule has 0 aliphatic carbocycles. The van der Waals surface area contributed by atoms with E-state index in [2.05, 4.69) is 0 Å². The van der Waals surface area contributed by atoms with Crippen LogP contribution >= 0.6 is 0 Å². The van der Waals surface area contributed by atoms with Gasteiger partial charge in [-0.3, -0.25) is 4.79 Å². The fourth-order valence-corrected chi connectivity index (χ4v) is 1.78. The van der Waals surface area contributed by atoms with Crippen molar-refractivity contribution in [3.63, 3.8) is 0 Å². The van der Waals surface area contributed by atoms with Gasteiger partial charge in [0.05, 0.1) is 12.2 Å². The Labute approximate surface area is 106 Å². The Morgan fingerprint density at radius 3 is 2.33 bits per heavy atom. The summed E-state index contributed by atoms with van der Waals surface area (Å²) in [6, 6.07) is 14.2. The van der Waals surface area contributed by atoms with Crippen LogP contribution in [-0.2, 0) is 0 Å². The standard InChI is InChI=1S/C15H15NO2/c1-2-18-14-10-6-4-8-12(14)15(17)11-7-3-5-9-13(11)16/h3-10H,2,16H2,1H3. The average molecular weight is 241 g/mol. The maximum Gasteiger partial charge on any atom is 0.198 e. The van der Waals surface area contributed by atoms with E-state index in [1.54, 1.807) is 36.4 Å². The number of rotatable bonds is 4. The molecule has 92 valence electrons. The number of para-hydroxylation sites is 2. The van der Waals surface area contributed by atoms with Gasteiger partial charge in [-0.2, -0.15) is 0 Å². The molecular formula is C15H15NO2. The van der Waals surface area contributed by atoms with Gasteiger partial charge < -0.3 is 10.5 Å². The van der Waals surface area contributed by atoms with E-state index in [-0.39, 0.29) is 5.78 Å². The molecule has 0 fully saturated rings. The van der Waals surface area contributed by atoms with Crippen LogP contribution in [0.4, 0.5) is 5.69 Å². The summed E-state index contributed by atoms with van der Waals surface area (Å²) in [5.41, 5.74) is 7.34. The molecule has 2 aromatic rings. The minimum atomic E-state index is -0.114. The van der Waals surface area contributed by atoms with Crippen molar-refractivity contribution in [2.24, 2.45) is 0 Å². The number of nitrogen functional groups attached to an aromatic ring is 1. The number of hydrogen-bond donors (Lipinski definition) is 1. The van der Waals surface area contributed by atoms with E-state index in [0.717, 1.165) is 0 Å². The summed E-state index contributed by atoms with van der Waals surface area (Å²) >= 11 is 0. The fraction of sp³-hybridized carbons (Fsp3) is 0.133. The topological polar surface area (TPSA) is 52.3 Å². The molecule has 0 atom stereocenters. The average Bonchev–Trinajstić information content (AvgIpc) is 2.40. The lowest BCUT2D eigenvalue weighted by Crippen LogP contribution is -2.07. The SMILES string of the molecule is CCOc1ccccc1C(=O)c1ccccc1N. The summed E-state index contributed by atoms with van der Waals surface area (Å²) in [6.07, 6.45) is 0. The van der Waals surface area contributed by atoms with Crippen molar-refractivity contribution in [3.8, 4) is 5.75 Å². The molecule has 0 heterocycles. The van der Waals surface area contributed by atoms with Gasteiger partial charge in [-0.1, -0.05) is 24.3 Å². The van der Waals surface area contributed by atoms with Crippen LogP contribution in [0.15, 0.2) is 48.5 Å². The van der Waals surface area contributed by atoms with Crippen molar-refractivity contribution in [1.82, 2.24) is 0 Å². The Morgan fingerprint density at radius 2 is 1.67 bits per heavy atom. The van der Waals surface area contributed by atoms with Crippen LogP contribution in [0, 0.1) is 0 Å². The van der Waals surface area contributed by atoms with E-state index >= 15 is 0 Å². The Hall–Kier alpha value is -2.29. The van der Waals surface area contributed by atoms with Crippen molar-refractivity contribution < 1.29 is 9.53 Å². The predicted octanol–water partition coefficient (Wildman–Crippen LogP) is 2.90. The highest BCUT2D eigenvalue weighted by Crippen LogP contribution is 2.23. The van der Waals surface area contributed by atoms with E-state index in [0.29, 0.717) is 29.2 Å². The van der Waals surface area contributed by atoms with Crippen LogP contribution in [0.5, 0.6) is 5.75 Å². The van der Waals surface area contributed by atoms with Crippen LogP contribution < -0.4 is 10.5 Å². The molecule has 0 amide bonds. The lowest BCUT2D eigenvalue weighted by Gasteiger charge is -2.10. The molecule has 0 aliphatic heterocycles. The number of carbonyl (C=O) groups is 1. The summed E-state index contributed by atoms with van der Waals surface area (Å²) in [5, 5.41) is 0. The number of anilines is 1. The van der Waals surface area contributed by atoms with Gasteiger partial charge >= 0.3 is 0 Å². The monoisotopic (exact) mass is 241 g/mol. The number of hydrogen-bond acceptors (Lipinski definition) is 3. The van der Waals surface area contributed by atoms with Gasteiger partial charge in [0, 0.05) is 11.3 Å². The van der Waals surface area contributed by atoms with Crippen molar-refractivity contribution in [3.05, 3.63) is 59.7 Å². The maximum atomic E-state index is 12.4. The Kier molecular flexibility index (Phi) is 3.63. The zero-order valence-electron chi connectivity index (χ0n) is 10.2. The number of ether oxygens (including phenoxy) is 1. The van der Waals surface area contributed by atoms with Gasteiger partial charge in [0.25, 0.3) is 0 Å². The first-order valence-corrected chi connectivity index (χ1v) is 5.85. The van der Waals surface area contributed by atoms with E-state index in [9.17, 15) is 4.79 Å². The zero-order valence-corrected chi connectivity index (χ0v) is 10.2. The van der Waals surface area contributed by atoms with Gasteiger partial charge in [0.1, 0.15) is 5.75 Å². The van der Waals surface area contributed by atoms with Crippen LogP contribution in [0.3, 0.4) is 0 Å². The third-order valence-corrected chi connectivity index (χ3v) is 2.64. The third-order valence-electron chi connectivity index (χ3n) is 2.64. The van der Waals surface area contributed by atoms with Gasteiger partial charge in [-0.05, 0) is 31.2 Å². The predicted molar refractivity (Wildman–Crippen MR) is 71.9 cm³/mol. The summed E-state index contributed by atoms with van der Waals surface area (Å²) in [6.45, 7) is 2.41. The van der Waals surface area contributed by atoms with Crippen molar-refractivity contribution in [1.29, 1.82) is 0 Å². The van der Waals surface area contributed by atoms with Crippen LogP contribution in [-0.4, -0.2) is 12.4 Å². The lowest BCUT2D eigenvalue weighted by molar-refractivity contribution is 0.103. The minimum Gasteiger partial charge on any atom is -0.493 e. The Balaban J connectivity index is 2.43. The van der Waals surface area contributed by atoms with Gasteiger partial charge in [0.15, 0.2) is 5.78 Å². The zero-order chi connectivity index (χ0) is 13.0. The van der Waals surface area contributed by atoms with Gasteiger partial charge in [-0.25, -0.2) is 0 Å². The molecule has 0 bridgehead atoms. The Bertz CT molecular complexity index is 564. The summed E-state index contributed by atoms with van der Waals surface area (Å²) in [5.74, 6) is 0.477. The van der Waals surface area contributed by atoms with E-state index in [1.807, 2.05) is 19.1 Å². The number of benzene rings is 2. The van der Waals surface area contributed by atoms with Crippen molar-refractivity contribution >= 4 is 11.5 Å². The van der Waals surface area contributed by atoms with Crippen molar-refractivity contribution in [2.75, 3.05) is 12.3 Å². The molecule has 0 radical (unpaired) electrons. The molecular weight excluding hydrogens is 226 g/mol. The maximum absolute atomic E-state index is 12.4. The van der Waals surface area contributed by atoms with Gasteiger partial charge in [-0.15, -0.1) is 0 Å². The lowest BCUT2D eigenvalue weighted by atomic mass is 10.0. The molecule has 0 spiro atoms. The largest absolute Gasteiger partial charge is 0.493 e. The summed E-state index contributed by atoms with van der Waals surface area (Å²) in [4.78, 5) is 12.4. The molecule has 2 aromatic carbocycles.